The van der Waals surface area contributed by atoms with Crippen LogP contribution in [0.5, 0.6) is 0 Å². The van der Waals surface area contributed by atoms with Gasteiger partial charge in [0.25, 0.3) is 0 Å². The summed E-state index contributed by atoms with van der Waals surface area (Å²) in [6, 6.07) is 3.83. The largest absolute Gasteiger partial charge is 0.481 e. The monoisotopic (exact) mass is 236 g/mol. The van der Waals surface area contributed by atoms with Crippen molar-refractivity contribution >= 4 is 5.97 Å². The molecule has 2 N–H and O–H groups in total. The van der Waals surface area contributed by atoms with Crippen molar-refractivity contribution in [2.45, 2.75) is 19.1 Å². The second kappa shape index (κ2) is 5.25. The highest BCUT2D eigenvalue weighted by atomic mass is 16.4. The fourth-order valence-corrected chi connectivity index (χ4v) is 2.14. The molecule has 2 heterocycles. The van der Waals surface area contributed by atoms with Crippen molar-refractivity contribution in [3.05, 3.63) is 30.1 Å². The average Bonchev–Trinajstić information content (AvgIpc) is 2.32. The lowest BCUT2D eigenvalue weighted by atomic mass is 9.94. The Bertz CT molecular complexity index is 383. The first-order valence-corrected chi connectivity index (χ1v) is 5.69. The Labute approximate surface area is 99.7 Å². The summed E-state index contributed by atoms with van der Waals surface area (Å²) in [4.78, 5) is 17.0. The highest BCUT2D eigenvalue weighted by Crippen LogP contribution is 2.19. The first-order chi connectivity index (χ1) is 8.16. The summed E-state index contributed by atoms with van der Waals surface area (Å²) < 4.78 is 0. The summed E-state index contributed by atoms with van der Waals surface area (Å²) in [6.07, 6.45) is 3.28. The normalized spacial score (nSPS) is 25.7. The van der Waals surface area contributed by atoms with E-state index in [1.54, 1.807) is 12.4 Å². The Kier molecular flexibility index (Phi) is 3.71. The molecule has 1 aromatic rings. The van der Waals surface area contributed by atoms with E-state index in [2.05, 4.69) is 4.98 Å². The lowest BCUT2D eigenvalue weighted by Crippen LogP contribution is -2.46. The van der Waals surface area contributed by atoms with Gasteiger partial charge >= 0.3 is 5.97 Å². The zero-order valence-electron chi connectivity index (χ0n) is 9.49. The number of likely N-dealkylation sites (tertiary alicyclic amines) is 1. The van der Waals surface area contributed by atoms with Gasteiger partial charge in [0.05, 0.1) is 12.0 Å². The van der Waals surface area contributed by atoms with Gasteiger partial charge in [-0.05, 0) is 18.1 Å². The number of aliphatic hydroxyl groups is 1. The fraction of sp³-hybridized carbons (Fsp3) is 0.500. The molecule has 0 aliphatic carbocycles. The SMILES string of the molecule is O=C(O)[C@H]1CN(Cc2cccnc2)CC[C@H]1O. The zero-order chi connectivity index (χ0) is 12.3. The molecule has 5 heteroatoms. The van der Waals surface area contributed by atoms with E-state index in [1.165, 1.54) is 0 Å². The summed E-state index contributed by atoms with van der Waals surface area (Å²) in [7, 11) is 0. The Morgan fingerprint density at radius 3 is 3.06 bits per heavy atom. The number of nitrogens with zero attached hydrogens (tertiary/aromatic N) is 2. The van der Waals surface area contributed by atoms with E-state index >= 15 is 0 Å². The van der Waals surface area contributed by atoms with E-state index in [0.717, 1.165) is 12.1 Å². The number of carboxylic acids is 1. The molecule has 1 aliphatic heterocycles. The van der Waals surface area contributed by atoms with Crippen molar-refractivity contribution in [3.8, 4) is 0 Å². The molecule has 0 amide bonds. The van der Waals surface area contributed by atoms with Crippen LogP contribution in [-0.4, -0.2) is 45.3 Å². The Morgan fingerprint density at radius 1 is 1.59 bits per heavy atom. The van der Waals surface area contributed by atoms with E-state index in [-0.39, 0.29) is 0 Å². The molecule has 2 rings (SSSR count). The topological polar surface area (TPSA) is 73.7 Å². The number of carboxylic acid groups (broad SMARTS) is 1. The van der Waals surface area contributed by atoms with Crippen molar-refractivity contribution in [2.75, 3.05) is 13.1 Å². The second-order valence-corrected chi connectivity index (χ2v) is 4.40. The molecule has 1 aromatic heterocycles. The predicted molar refractivity (Wildman–Crippen MR) is 61.3 cm³/mol. The second-order valence-electron chi connectivity index (χ2n) is 4.40. The van der Waals surface area contributed by atoms with Gasteiger partial charge in [-0.2, -0.15) is 0 Å². The standard InChI is InChI=1S/C12H16N2O3/c15-11-3-5-14(8-10(11)12(16)17)7-9-2-1-4-13-6-9/h1-2,4,6,10-11,15H,3,5,7-8H2,(H,16,17)/t10-,11+/m0/s1. The van der Waals surface area contributed by atoms with Crippen LogP contribution in [0.2, 0.25) is 0 Å². The van der Waals surface area contributed by atoms with Gasteiger partial charge in [-0.3, -0.25) is 14.7 Å². The van der Waals surface area contributed by atoms with Gasteiger partial charge in [-0.15, -0.1) is 0 Å². The third-order valence-corrected chi connectivity index (χ3v) is 3.11. The summed E-state index contributed by atoms with van der Waals surface area (Å²) in [5.74, 6) is -1.60. The van der Waals surface area contributed by atoms with Gasteiger partial charge in [0.2, 0.25) is 0 Å². The molecular weight excluding hydrogens is 220 g/mol. The molecule has 17 heavy (non-hydrogen) atoms. The van der Waals surface area contributed by atoms with Crippen LogP contribution in [0.15, 0.2) is 24.5 Å². The minimum Gasteiger partial charge on any atom is -0.481 e. The average molecular weight is 236 g/mol. The summed E-state index contributed by atoms with van der Waals surface area (Å²) in [6.45, 7) is 1.80. The van der Waals surface area contributed by atoms with Gasteiger partial charge in [0, 0.05) is 32.0 Å². The summed E-state index contributed by atoms with van der Waals surface area (Å²) >= 11 is 0. The minimum absolute atomic E-state index is 0.394. The van der Waals surface area contributed by atoms with Crippen LogP contribution in [0.1, 0.15) is 12.0 Å². The number of aromatic nitrogens is 1. The first-order valence-electron chi connectivity index (χ1n) is 5.69. The van der Waals surface area contributed by atoms with Crippen LogP contribution in [0.4, 0.5) is 0 Å². The predicted octanol–water partition coefficient (Wildman–Crippen LogP) is 0.349. The van der Waals surface area contributed by atoms with E-state index in [4.69, 9.17) is 5.11 Å². The Hall–Kier alpha value is -1.46. The molecule has 0 radical (unpaired) electrons. The number of rotatable bonds is 3. The summed E-state index contributed by atoms with van der Waals surface area (Å²) in [5.41, 5.74) is 1.06. The molecule has 1 aliphatic rings. The zero-order valence-corrected chi connectivity index (χ0v) is 9.49. The molecule has 0 spiro atoms. The minimum atomic E-state index is -0.923. The van der Waals surface area contributed by atoms with Crippen LogP contribution in [0.3, 0.4) is 0 Å². The molecule has 0 bridgehead atoms. The van der Waals surface area contributed by atoms with Crippen LogP contribution in [0.25, 0.3) is 0 Å². The maximum Gasteiger partial charge on any atom is 0.310 e. The third-order valence-electron chi connectivity index (χ3n) is 3.11. The molecule has 2 atom stereocenters. The Balaban J connectivity index is 1.97. The van der Waals surface area contributed by atoms with Gasteiger partial charge in [0.1, 0.15) is 0 Å². The van der Waals surface area contributed by atoms with E-state index < -0.39 is 18.0 Å². The maximum atomic E-state index is 11.0. The van der Waals surface area contributed by atoms with Crippen molar-refractivity contribution in [2.24, 2.45) is 5.92 Å². The molecule has 1 fully saturated rings. The first kappa shape index (κ1) is 12.0. The lowest BCUT2D eigenvalue weighted by molar-refractivity contribution is -0.149. The lowest BCUT2D eigenvalue weighted by Gasteiger charge is -2.33. The van der Waals surface area contributed by atoms with Gasteiger partial charge in [0.15, 0.2) is 0 Å². The molecule has 1 saturated heterocycles. The fourth-order valence-electron chi connectivity index (χ4n) is 2.14. The number of hydrogen-bond donors (Lipinski definition) is 2. The molecular formula is C12H16N2O3. The van der Waals surface area contributed by atoms with E-state index in [9.17, 15) is 9.90 Å². The van der Waals surface area contributed by atoms with E-state index in [0.29, 0.717) is 19.5 Å². The number of carbonyl (C=O) groups is 1. The molecule has 92 valence electrons. The van der Waals surface area contributed by atoms with Crippen molar-refractivity contribution in [1.82, 2.24) is 9.88 Å². The maximum absolute atomic E-state index is 11.0. The van der Waals surface area contributed by atoms with Gasteiger partial charge < -0.3 is 10.2 Å². The van der Waals surface area contributed by atoms with Crippen molar-refractivity contribution in [3.63, 3.8) is 0 Å². The number of pyridine rings is 1. The third kappa shape index (κ3) is 3.01. The molecule has 5 nitrogen and oxygen atoms in total. The molecule has 0 unspecified atom stereocenters. The Morgan fingerprint density at radius 2 is 2.41 bits per heavy atom. The highest BCUT2D eigenvalue weighted by Gasteiger charge is 2.32. The van der Waals surface area contributed by atoms with Crippen molar-refractivity contribution in [1.29, 1.82) is 0 Å². The van der Waals surface area contributed by atoms with Gasteiger partial charge in [-0.25, -0.2) is 0 Å². The molecule has 0 saturated carbocycles. The molecule has 0 aromatic carbocycles. The number of hydrogen-bond acceptors (Lipinski definition) is 4. The number of piperidine rings is 1. The van der Waals surface area contributed by atoms with E-state index in [1.807, 2.05) is 17.0 Å². The van der Waals surface area contributed by atoms with Crippen LogP contribution >= 0.6 is 0 Å². The quantitative estimate of drug-likeness (QED) is 0.792. The van der Waals surface area contributed by atoms with Crippen LogP contribution in [-0.2, 0) is 11.3 Å². The van der Waals surface area contributed by atoms with Gasteiger partial charge in [-0.1, -0.05) is 6.07 Å². The highest BCUT2D eigenvalue weighted by molar-refractivity contribution is 5.71. The smallest absolute Gasteiger partial charge is 0.310 e. The van der Waals surface area contributed by atoms with Crippen molar-refractivity contribution < 1.29 is 15.0 Å². The number of aliphatic carboxylic acids is 1. The van der Waals surface area contributed by atoms with Crippen LogP contribution in [0, 0.1) is 5.92 Å². The van der Waals surface area contributed by atoms with Crippen LogP contribution < -0.4 is 0 Å². The summed E-state index contributed by atoms with van der Waals surface area (Å²) in [5, 5.41) is 18.6. The number of aliphatic hydroxyl groups excluding tert-OH is 1.